The standard InChI is InChI=1S/C90H121ClN12O24S/c1-8-9-10-11-12-13-14-15-24-128(120,121)96-23-22-95-39-55-61(106)36-54-69(78(55)110)53-32-47(16-19-60(53)105)71-85(115)103-75(89(119)101-73(54)87(117)98-70-50-28-45-27-46(30-50)31-51(70)29-45)77(109)49-18-21-63(56(91)33-49)124-65-35-52-34-64(81(65)127-90-82(80(112)79(111)66(40-104)125-90)126-68-37-57(92)43(5)44(6)122-68)123-62-20-17-48(26-42(62)4)76(108)74(102-83(113)58(94-7)25-41(2)3)88(118)97-59(38-67(93)107)84(114)99-72(52)86(116)100-71/h16-21,26,32-36,41,43-46,50-51,57-59,66,68,70-77,79-80,82,90,94-96,104-106,108-112H,8-15,22-25,27-31,37-40,92H2,1-7H3,(H2,93,107)(H,97,118)(H,98,117)(H,99,114)(H,100,116)(H,101,119)(H,102,113)(H,103,115)/t43-,44+,45?,46?,50?,51?,57+,58-,59+,66-,68+,70?,71-,72-,73+,74-,75+,76-,77-,79-,80+,82-,90+/m1/s1. The van der Waals surface area contributed by atoms with E-state index in [0.29, 0.717) is 18.3 Å². The number of unbranched alkanes of at least 4 members (excludes halogenated alkanes) is 7. The Morgan fingerprint density at radius 2 is 1.30 bits per heavy atom. The van der Waals surface area contributed by atoms with E-state index in [1.165, 1.54) is 50.4 Å². The van der Waals surface area contributed by atoms with E-state index in [-0.39, 0.29) is 111 Å². The molecule has 0 aromatic heterocycles. The van der Waals surface area contributed by atoms with E-state index in [0.717, 1.165) is 113 Å². The molecule has 22 N–H and O–H groups in total. The smallest absolute Gasteiger partial charge is 0.248 e. The number of benzene rings is 5. The van der Waals surface area contributed by atoms with Crippen molar-refractivity contribution in [1.82, 2.24) is 52.6 Å². The maximum absolute atomic E-state index is 16.6. The van der Waals surface area contributed by atoms with Gasteiger partial charge in [0.05, 0.1) is 41.5 Å². The van der Waals surface area contributed by atoms with Crippen molar-refractivity contribution in [1.29, 1.82) is 0 Å². The third kappa shape index (κ3) is 22.0. The van der Waals surface area contributed by atoms with Crippen molar-refractivity contribution in [3.63, 3.8) is 0 Å². The third-order valence-electron chi connectivity index (χ3n) is 26.2. The second kappa shape index (κ2) is 41.7. The van der Waals surface area contributed by atoms with Crippen LogP contribution < -0.4 is 78.3 Å². The van der Waals surface area contributed by atoms with Gasteiger partial charge in [0, 0.05) is 49.3 Å². The van der Waals surface area contributed by atoms with Crippen LogP contribution in [-0.2, 0) is 69.1 Å². The third-order valence-corrected chi connectivity index (χ3v) is 28.0. The molecule has 4 saturated carbocycles. The number of fused-ring (bicyclic) bond motifs is 15. The highest BCUT2D eigenvalue weighted by atomic mass is 35.5. The van der Waals surface area contributed by atoms with E-state index in [4.69, 9.17) is 51.5 Å². The Hall–Kier alpha value is -9.58. The van der Waals surface area contributed by atoms with E-state index in [9.17, 15) is 58.9 Å². The number of rotatable bonds is 29. The Balaban J connectivity index is 0.978. The van der Waals surface area contributed by atoms with Crippen LogP contribution in [0.3, 0.4) is 0 Å². The second-order valence-corrected chi connectivity index (χ2v) is 38.2. The molecule has 18 atom stereocenters. The lowest BCUT2D eigenvalue weighted by Crippen LogP contribution is -2.62. The molecule has 2 saturated heterocycles. The summed E-state index contributed by atoms with van der Waals surface area (Å²) in [6.45, 7) is 9.46. The first-order valence-electron chi connectivity index (χ1n) is 44.3. The number of ether oxygens (including phenoxy) is 6. The van der Waals surface area contributed by atoms with Crippen LogP contribution in [0.5, 0.6) is 46.0 Å². The van der Waals surface area contributed by atoms with Gasteiger partial charge in [0.25, 0.3) is 0 Å². The van der Waals surface area contributed by atoms with Crippen LogP contribution in [0.2, 0.25) is 5.02 Å². The summed E-state index contributed by atoms with van der Waals surface area (Å²) in [5.41, 5.74) is 10.3. The molecule has 0 unspecified atom stereocenters. The van der Waals surface area contributed by atoms with Crippen molar-refractivity contribution in [2.24, 2.45) is 47.0 Å². The summed E-state index contributed by atoms with van der Waals surface area (Å²) >= 11 is 7.32. The van der Waals surface area contributed by atoms with Gasteiger partial charge in [-0.15, -0.1) is 0 Å². The number of halogens is 1. The molecule has 5 aromatic rings. The van der Waals surface area contributed by atoms with Crippen LogP contribution in [-0.4, -0.2) is 208 Å². The van der Waals surface area contributed by atoms with Crippen LogP contribution in [0.1, 0.15) is 207 Å². The van der Waals surface area contributed by atoms with E-state index in [1.807, 2.05) is 20.8 Å². The number of aliphatic hydroxyl groups excluding tert-OH is 5. The molecule has 8 amide bonds. The molecule has 15 bridgehead atoms. The van der Waals surface area contributed by atoms with Gasteiger partial charge in [-0.05, 0) is 189 Å². The first-order chi connectivity index (χ1) is 61.0. The molecule has 7 aliphatic heterocycles. The second-order valence-electron chi connectivity index (χ2n) is 35.9. The van der Waals surface area contributed by atoms with Gasteiger partial charge in [0.2, 0.25) is 69.3 Å². The van der Waals surface area contributed by atoms with E-state index < -0.39 is 232 Å². The van der Waals surface area contributed by atoms with Crippen LogP contribution in [0.25, 0.3) is 11.1 Å². The molecule has 11 aliphatic rings. The molecular formula is C90H121ClN12O24S. The number of nitrogens with one attached hydrogen (secondary N) is 10. The first-order valence-corrected chi connectivity index (χ1v) is 46.4. The van der Waals surface area contributed by atoms with Crippen molar-refractivity contribution in [2.75, 3.05) is 32.5 Å². The fourth-order valence-electron chi connectivity index (χ4n) is 19.2. The number of hydrogen-bond donors (Lipinski definition) is 20. The number of primary amides is 1. The summed E-state index contributed by atoms with van der Waals surface area (Å²) in [5, 5.41) is 122. The molecule has 36 nitrogen and oxygen atoms in total. The quantitative estimate of drug-likeness (QED) is 0.0290. The van der Waals surface area contributed by atoms with Crippen LogP contribution in [0.4, 0.5) is 0 Å². The molecule has 698 valence electrons. The van der Waals surface area contributed by atoms with E-state index in [2.05, 4.69) is 59.5 Å². The highest BCUT2D eigenvalue weighted by Gasteiger charge is 2.53. The number of phenolic OH excluding ortho intramolecular Hbond substituents is 3. The molecule has 6 fully saturated rings. The molecule has 0 spiro atoms. The zero-order valence-electron chi connectivity index (χ0n) is 72.7. The Morgan fingerprint density at radius 1 is 0.672 bits per heavy atom. The molecule has 5 aromatic carbocycles. The molecule has 0 radical (unpaired) electrons. The Bertz CT molecular complexity index is 4990. The normalized spacial score (nSPS) is 29.6. The van der Waals surface area contributed by atoms with E-state index >= 15 is 28.8 Å². The fraction of sp³-hybridized carbons (Fsp3) is 0.578. The van der Waals surface area contributed by atoms with Crippen molar-refractivity contribution in [3.8, 4) is 57.1 Å². The summed E-state index contributed by atoms with van der Waals surface area (Å²) in [4.78, 5) is 123. The zero-order chi connectivity index (χ0) is 92.0. The number of aryl methyl sites for hydroxylation is 1. The monoisotopic (exact) mass is 1820 g/mol. The maximum atomic E-state index is 16.6. The molecule has 128 heavy (non-hydrogen) atoms. The first kappa shape index (κ1) is 96.0. The lowest BCUT2D eigenvalue weighted by atomic mass is 9.54. The lowest BCUT2D eigenvalue weighted by Gasteiger charge is -2.54. The minimum Gasteiger partial charge on any atom is -0.507 e. The number of carbonyl (C=O) groups excluding carboxylic acids is 8. The molecule has 16 rings (SSSR count). The Kier molecular flexibility index (Phi) is 31.3. The van der Waals surface area contributed by atoms with Gasteiger partial charge < -0.3 is 129 Å². The topological polar surface area (TPSA) is 560 Å². The summed E-state index contributed by atoms with van der Waals surface area (Å²) in [6, 6.07) is -0.311. The fourth-order valence-corrected chi connectivity index (χ4v) is 20.6. The Morgan fingerprint density at radius 3 is 1.95 bits per heavy atom. The highest BCUT2D eigenvalue weighted by Crippen LogP contribution is 2.55. The number of hydrogen-bond acceptors (Lipinski definition) is 27. The number of nitrogens with two attached hydrogens (primary N) is 2. The number of aliphatic hydroxyl groups is 5. The van der Waals surface area contributed by atoms with Gasteiger partial charge in [-0.2, -0.15) is 0 Å². The van der Waals surface area contributed by atoms with Gasteiger partial charge in [0.15, 0.2) is 23.9 Å². The molecule has 4 aliphatic carbocycles. The molecule has 7 heterocycles. The number of aromatic hydroxyl groups is 3. The summed E-state index contributed by atoms with van der Waals surface area (Å²) in [7, 11) is -2.24. The summed E-state index contributed by atoms with van der Waals surface area (Å²) in [6.07, 6.45) is -4.02. The highest BCUT2D eigenvalue weighted by molar-refractivity contribution is 7.89. The van der Waals surface area contributed by atoms with Crippen LogP contribution in [0.15, 0.2) is 72.8 Å². The van der Waals surface area contributed by atoms with Gasteiger partial charge in [-0.3, -0.25) is 38.4 Å². The van der Waals surface area contributed by atoms with Gasteiger partial charge in [-0.25, -0.2) is 13.1 Å². The van der Waals surface area contributed by atoms with Crippen molar-refractivity contribution >= 4 is 68.9 Å². The van der Waals surface area contributed by atoms with Gasteiger partial charge in [0.1, 0.15) is 95.5 Å². The van der Waals surface area contributed by atoms with Crippen LogP contribution >= 0.6 is 11.6 Å². The number of likely N-dealkylation sites (N-methyl/N-ethyl adjacent to an activating group) is 1. The predicted octanol–water partition coefficient (Wildman–Crippen LogP) is 4.65. The minimum atomic E-state index is -3.75. The van der Waals surface area contributed by atoms with Crippen LogP contribution in [0, 0.1) is 42.4 Å². The molecule has 38 heteroatoms. The lowest BCUT2D eigenvalue weighted by molar-refractivity contribution is -0.328. The summed E-state index contributed by atoms with van der Waals surface area (Å²) < 4.78 is 68.7. The predicted molar refractivity (Wildman–Crippen MR) is 465 cm³/mol. The van der Waals surface area contributed by atoms with Gasteiger partial charge >= 0.3 is 0 Å². The summed E-state index contributed by atoms with van der Waals surface area (Å²) in [5.74, 6) is -13.1. The number of carbonyl (C=O) groups is 8. The van der Waals surface area contributed by atoms with Gasteiger partial charge in [-0.1, -0.05) is 102 Å². The number of sulfonamides is 1. The average Bonchev–Trinajstić information content (AvgIpc) is 0.740. The maximum Gasteiger partial charge on any atom is 0.248 e. The van der Waals surface area contributed by atoms with Crippen molar-refractivity contribution in [3.05, 3.63) is 117 Å². The SMILES string of the molecule is CCCCCCCCCCS(=O)(=O)NCCNCc1c(O)cc2c(c1O)-c1cc(ccc1O)[C@H]1NC(=O)[C@@H]3NC(=O)[C@H](CC(N)=O)NC(=O)[C@H](NC(=O)[C@@H](CC(C)C)NC)[C@H](O)c4ccc(c(C)c4)Oc4cc3cc(c4O[C@@H]3O[C@H](CO)[C@@H](O)[C@H](O)[C@H]3O[C@H]3C[C@H](N)[C@H](C)[C@H](C)O3)Oc3ccc(cc3Cl)[C@@H](O)[C@H](NC1=O)C(=O)N[C@@H]2C(=O)NC1C2CC3CC(C2)CC1C3. The number of phenols is 3. The largest absolute Gasteiger partial charge is 0.507 e. The van der Waals surface area contributed by atoms with Crippen molar-refractivity contribution < 1.29 is 116 Å². The minimum absolute atomic E-state index is 0.0157. The molecular weight excluding hydrogens is 1700 g/mol. The van der Waals surface area contributed by atoms with E-state index in [1.54, 1.807) is 6.92 Å². The number of amides is 8. The van der Waals surface area contributed by atoms with Crippen molar-refractivity contribution in [2.45, 2.75) is 261 Å². The Labute approximate surface area is 747 Å². The average molecular weight is 1820 g/mol. The zero-order valence-corrected chi connectivity index (χ0v) is 74.3.